The third kappa shape index (κ3) is 0.907. The number of nitrogens with zero attached hydrogens (tertiary/aromatic N) is 1. The summed E-state index contributed by atoms with van der Waals surface area (Å²) in [7, 11) is 0. The van der Waals surface area contributed by atoms with Crippen LogP contribution in [0.15, 0.2) is 18.5 Å². The first kappa shape index (κ1) is 5.86. The molecule has 0 fully saturated rings. The quantitative estimate of drug-likeness (QED) is 0.531. The molecule has 2 heteroatoms. The molecule has 10 heavy (non-hydrogen) atoms. The van der Waals surface area contributed by atoms with Crippen molar-refractivity contribution >= 4 is 0 Å². The zero-order chi connectivity index (χ0) is 6.81. The summed E-state index contributed by atoms with van der Waals surface area (Å²) in [5, 5.41) is 0. The monoisotopic (exact) mass is 134 g/mol. The number of ether oxygens (including phenoxy) is 1. The van der Waals surface area contributed by atoms with Crippen LogP contribution in [0.3, 0.4) is 0 Å². The Morgan fingerprint density at radius 2 is 2.50 bits per heavy atom. The Morgan fingerprint density at radius 1 is 1.50 bits per heavy atom. The molecule has 2 heterocycles. The average Bonchev–Trinajstić information content (AvgIpc) is 2.05. The van der Waals surface area contributed by atoms with Crippen LogP contribution in [-0.4, -0.2) is 11.6 Å². The van der Waals surface area contributed by atoms with Crippen molar-refractivity contribution in [3.05, 3.63) is 36.2 Å². The van der Waals surface area contributed by atoms with E-state index in [-0.39, 0.29) is 0 Å². The molecule has 2 nitrogen and oxygen atoms in total. The Kier molecular flexibility index (Phi) is 1.40. The molecular formula is C8H8NO. The van der Waals surface area contributed by atoms with Crippen LogP contribution in [0.1, 0.15) is 11.1 Å². The van der Waals surface area contributed by atoms with Crippen molar-refractivity contribution < 1.29 is 4.74 Å². The minimum Gasteiger partial charge on any atom is -0.370 e. The first-order valence-corrected chi connectivity index (χ1v) is 3.34. The van der Waals surface area contributed by atoms with E-state index in [1.807, 2.05) is 18.5 Å². The Bertz CT molecular complexity index is 209. The highest BCUT2D eigenvalue weighted by molar-refractivity contribution is 5.29. The van der Waals surface area contributed by atoms with Gasteiger partial charge in [0, 0.05) is 18.0 Å². The van der Waals surface area contributed by atoms with Crippen molar-refractivity contribution in [2.75, 3.05) is 6.61 Å². The topological polar surface area (TPSA) is 22.1 Å². The highest BCUT2D eigenvalue weighted by Gasteiger charge is 2.07. The number of hydrogen-bond acceptors (Lipinski definition) is 2. The van der Waals surface area contributed by atoms with E-state index in [9.17, 15) is 0 Å². The van der Waals surface area contributed by atoms with Crippen LogP contribution in [0.25, 0.3) is 0 Å². The number of hydrogen-bond donors (Lipinski definition) is 0. The van der Waals surface area contributed by atoms with Crippen LogP contribution in [0.2, 0.25) is 0 Å². The van der Waals surface area contributed by atoms with Gasteiger partial charge in [0.15, 0.2) is 0 Å². The van der Waals surface area contributed by atoms with Gasteiger partial charge in [0.25, 0.3) is 0 Å². The van der Waals surface area contributed by atoms with Crippen molar-refractivity contribution in [1.82, 2.24) is 4.98 Å². The predicted molar refractivity (Wildman–Crippen MR) is 37.3 cm³/mol. The van der Waals surface area contributed by atoms with Gasteiger partial charge in [0.2, 0.25) is 0 Å². The minimum absolute atomic E-state index is 0.803. The van der Waals surface area contributed by atoms with Gasteiger partial charge in [-0.2, -0.15) is 0 Å². The van der Waals surface area contributed by atoms with Crippen LogP contribution in [0, 0.1) is 6.61 Å². The van der Waals surface area contributed by atoms with E-state index in [0.717, 1.165) is 18.6 Å². The van der Waals surface area contributed by atoms with E-state index < -0.39 is 0 Å². The van der Waals surface area contributed by atoms with E-state index >= 15 is 0 Å². The summed E-state index contributed by atoms with van der Waals surface area (Å²) in [4.78, 5) is 3.99. The van der Waals surface area contributed by atoms with Gasteiger partial charge in [-0.25, -0.2) is 0 Å². The fourth-order valence-electron chi connectivity index (χ4n) is 1.09. The largest absolute Gasteiger partial charge is 0.370 e. The van der Waals surface area contributed by atoms with Gasteiger partial charge in [-0.15, -0.1) is 0 Å². The third-order valence-corrected chi connectivity index (χ3v) is 1.65. The summed E-state index contributed by atoms with van der Waals surface area (Å²) in [5.41, 5.74) is 2.45. The molecule has 0 aromatic carbocycles. The minimum atomic E-state index is 0.803. The molecule has 0 N–H and O–H groups in total. The van der Waals surface area contributed by atoms with Crippen molar-refractivity contribution in [3.8, 4) is 0 Å². The lowest BCUT2D eigenvalue weighted by Gasteiger charge is -2.13. The van der Waals surface area contributed by atoms with Gasteiger partial charge in [0.05, 0.1) is 6.61 Å². The molecule has 2 rings (SSSR count). The molecule has 1 aromatic heterocycles. The number of pyridine rings is 1. The Hall–Kier alpha value is -0.890. The molecule has 1 aliphatic rings. The van der Waals surface area contributed by atoms with E-state index in [0.29, 0.717) is 0 Å². The van der Waals surface area contributed by atoms with Crippen LogP contribution >= 0.6 is 0 Å². The summed E-state index contributed by atoms with van der Waals surface area (Å²) in [6, 6.07) is 2.04. The molecule has 0 amide bonds. The van der Waals surface area contributed by atoms with E-state index in [2.05, 4.69) is 4.98 Å². The Labute approximate surface area is 59.9 Å². The Morgan fingerprint density at radius 3 is 3.40 bits per heavy atom. The first-order chi connectivity index (χ1) is 4.97. The summed E-state index contributed by atoms with van der Waals surface area (Å²) < 4.78 is 5.13. The maximum atomic E-state index is 5.13. The van der Waals surface area contributed by atoms with Gasteiger partial charge in [-0.05, 0) is 18.1 Å². The summed E-state index contributed by atoms with van der Waals surface area (Å²) >= 11 is 0. The van der Waals surface area contributed by atoms with Gasteiger partial charge in [-0.3, -0.25) is 4.98 Å². The van der Waals surface area contributed by atoms with Gasteiger partial charge < -0.3 is 4.74 Å². The lowest BCUT2D eigenvalue weighted by molar-refractivity contribution is 0.203. The second-order valence-electron chi connectivity index (χ2n) is 2.31. The summed E-state index contributed by atoms with van der Waals surface area (Å²) in [6.07, 6.45) is 4.65. The fraction of sp³-hybridized carbons (Fsp3) is 0.250. The van der Waals surface area contributed by atoms with Crippen LogP contribution in [0.4, 0.5) is 0 Å². The number of aromatic nitrogens is 1. The SMILES string of the molecule is [CH]1OCCc2ccncc21. The first-order valence-electron chi connectivity index (χ1n) is 3.34. The molecule has 0 atom stereocenters. The van der Waals surface area contributed by atoms with Gasteiger partial charge in [0.1, 0.15) is 6.61 Å². The fourth-order valence-corrected chi connectivity index (χ4v) is 1.09. The maximum absolute atomic E-state index is 5.13. The van der Waals surface area contributed by atoms with E-state index in [4.69, 9.17) is 4.74 Å². The van der Waals surface area contributed by atoms with E-state index in [1.165, 1.54) is 5.56 Å². The normalized spacial score (nSPS) is 16.4. The van der Waals surface area contributed by atoms with Gasteiger partial charge in [-0.1, -0.05) is 0 Å². The second-order valence-corrected chi connectivity index (χ2v) is 2.31. The van der Waals surface area contributed by atoms with Crippen molar-refractivity contribution in [2.45, 2.75) is 6.42 Å². The average molecular weight is 134 g/mol. The molecule has 0 spiro atoms. The highest BCUT2D eigenvalue weighted by atomic mass is 16.5. The van der Waals surface area contributed by atoms with Gasteiger partial charge >= 0.3 is 0 Å². The predicted octanol–water partition coefficient (Wildman–Crippen LogP) is 1.16. The zero-order valence-corrected chi connectivity index (χ0v) is 5.58. The molecule has 0 saturated heterocycles. The molecule has 1 radical (unpaired) electrons. The summed E-state index contributed by atoms with van der Waals surface area (Å²) in [6.45, 7) is 2.57. The molecule has 51 valence electrons. The molecule has 1 aliphatic heterocycles. The number of rotatable bonds is 0. The van der Waals surface area contributed by atoms with Crippen molar-refractivity contribution in [3.63, 3.8) is 0 Å². The standard InChI is InChI=1S/C8H8NO/c1-3-9-5-8-6-10-4-2-7(1)8/h1,3,5-6H,2,4H2. The van der Waals surface area contributed by atoms with Crippen molar-refractivity contribution in [1.29, 1.82) is 0 Å². The smallest absolute Gasteiger partial charge is 0.115 e. The summed E-state index contributed by atoms with van der Waals surface area (Å²) in [5.74, 6) is 0. The van der Waals surface area contributed by atoms with Crippen LogP contribution in [0.5, 0.6) is 0 Å². The third-order valence-electron chi connectivity index (χ3n) is 1.65. The molecule has 0 unspecified atom stereocenters. The Balaban J connectivity index is 2.41. The lowest BCUT2D eigenvalue weighted by atomic mass is 10.1. The lowest BCUT2D eigenvalue weighted by Crippen LogP contribution is -2.07. The number of fused-ring (bicyclic) bond motifs is 1. The van der Waals surface area contributed by atoms with Crippen LogP contribution in [-0.2, 0) is 11.2 Å². The molecule has 0 saturated carbocycles. The van der Waals surface area contributed by atoms with Crippen molar-refractivity contribution in [2.24, 2.45) is 0 Å². The highest BCUT2D eigenvalue weighted by Crippen LogP contribution is 2.15. The van der Waals surface area contributed by atoms with Crippen LogP contribution < -0.4 is 0 Å². The van der Waals surface area contributed by atoms with E-state index in [1.54, 1.807) is 6.61 Å². The molecule has 0 aliphatic carbocycles. The second kappa shape index (κ2) is 2.39. The molecular weight excluding hydrogens is 126 g/mol. The molecule has 0 bridgehead atoms. The zero-order valence-electron chi connectivity index (χ0n) is 5.58. The molecule has 1 aromatic rings. The maximum Gasteiger partial charge on any atom is 0.115 e.